The minimum absolute atomic E-state index is 0.0195. The van der Waals surface area contributed by atoms with E-state index in [1.54, 1.807) is 18.3 Å². The molecule has 1 aromatic carbocycles. The van der Waals surface area contributed by atoms with Crippen LogP contribution in [-0.4, -0.2) is 21.4 Å². The molecule has 2 N–H and O–H groups in total. The van der Waals surface area contributed by atoms with Gasteiger partial charge in [0, 0.05) is 28.4 Å². The maximum atomic E-state index is 12.7. The topological polar surface area (TPSA) is 66.9 Å². The average Bonchev–Trinajstić information content (AvgIpc) is 3.11. The smallest absolute Gasteiger partial charge is 0.227 e. The van der Waals surface area contributed by atoms with Gasteiger partial charge < -0.3 is 10.6 Å². The number of carbonyl (C=O) groups excluding carboxylic acids is 1. The zero-order chi connectivity index (χ0) is 18.3. The van der Waals surface area contributed by atoms with E-state index >= 15 is 0 Å². The van der Waals surface area contributed by atoms with E-state index in [9.17, 15) is 4.79 Å². The average molecular weight is 371 g/mol. The van der Waals surface area contributed by atoms with Gasteiger partial charge in [-0.05, 0) is 68.4 Å². The predicted octanol–water partition coefficient (Wildman–Crippen LogP) is 4.29. The maximum Gasteiger partial charge on any atom is 0.227 e. The van der Waals surface area contributed by atoms with Crippen molar-refractivity contribution in [1.82, 2.24) is 9.97 Å². The highest BCUT2D eigenvalue weighted by atomic mass is 35.5. The van der Waals surface area contributed by atoms with Crippen LogP contribution in [0.15, 0.2) is 36.5 Å². The van der Waals surface area contributed by atoms with Crippen LogP contribution in [0.2, 0.25) is 5.02 Å². The number of nitrogens with zero attached hydrogens (tertiary/aromatic N) is 2. The second-order valence-electron chi connectivity index (χ2n) is 7.72. The number of rotatable bonds is 5. The number of hydrogen-bond acceptors (Lipinski definition) is 4. The summed E-state index contributed by atoms with van der Waals surface area (Å²) in [4.78, 5) is 21.3. The molecular weight excluding hydrogens is 348 g/mol. The van der Waals surface area contributed by atoms with Crippen LogP contribution in [0.4, 0.5) is 11.5 Å². The molecule has 0 saturated heterocycles. The highest BCUT2D eigenvalue weighted by molar-refractivity contribution is 6.30. The number of aromatic nitrogens is 2. The number of fused-ring (bicyclic) bond motifs is 1. The maximum absolute atomic E-state index is 12.7. The third-order valence-electron chi connectivity index (χ3n) is 5.87. The van der Waals surface area contributed by atoms with E-state index in [1.165, 1.54) is 0 Å². The Bertz CT molecular complexity index is 817. The van der Waals surface area contributed by atoms with Gasteiger partial charge >= 0.3 is 0 Å². The fourth-order valence-electron chi connectivity index (χ4n) is 4.55. The zero-order valence-corrected chi connectivity index (χ0v) is 15.8. The first-order valence-corrected chi connectivity index (χ1v) is 9.46. The Morgan fingerprint density at radius 2 is 1.96 bits per heavy atom. The lowest BCUT2D eigenvalue weighted by molar-refractivity contribution is -0.121. The van der Waals surface area contributed by atoms with Crippen LogP contribution in [0.3, 0.4) is 0 Å². The number of benzene rings is 1. The molecule has 1 amide bonds. The lowest BCUT2D eigenvalue weighted by Crippen LogP contribution is -2.43. The summed E-state index contributed by atoms with van der Waals surface area (Å²) in [6.07, 6.45) is 5.01. The van der Waals surface area contributed by atoms with Crippen LogP contribution in [-0.2, 0) is 4.79 Å². The molecular formula is C20H23ClN4O. The fourth-order valence-corrected chi connectivity index (χ4v) is 4.68. The molecule has 2 bridgehead atoms. The summed E-state index contributed by atoms with van der Waals surface area (Å²) in [7, 11) is 0. The number of carbonyl (C=O) groups is 1. The summed E-state index contributed by atoms with van der Waals surface area (Å²) < 4.78 is 0. The number of hydrogen-bond donors (Lipinski definition) is 2. The standard InChI is InChI=1S/C20H23ClN4O/c1-12(19(26)24-16-5-3-15(21)4-6-16)17-11-20(9-14(17)10-20)25-18-7-8-22-13(2)23-18/h3-8,12,14,17H,9-11H2,1-2H3,(H,24,26)(H,22,23,25). The van der Waals surface area contributed by atoms with Crippen molar-refractivity contribution in [2.45, 2.75) is 38.6 Å². The third-order valence-corrected chi connectivity index (χ3v) is 6.13. The second kappa shape index (κ2) is 6.54. The van der Waals surface area contributed by atoms with Crippen molar-refractivity contribution in [3.8, 4) is 0 Å². The van der Waals surface area contributed by atoms with Crippen molar-refractivity contribution < 1.29 is 4.79 Å². The highest BCUT2D eigenvalue weighted by Gasteiger charge is 2.58. The zero-order valence-electron chi connectivity index (χ0n) is 15.0. The fraction of sp³-hybridized carbons (Fsp3) is 0.450. The van der Waals surface area contributed by atoms with Gasteiger partial charge in [-0.25, -0.2) is 9.97 Å². The van der Waals surface area contributed by atoms with Crippen molar-refractivity contribution in [2.75, 3.05) is 10.6 Å². The highest BCUT2D eigenvalue weighted by Crippen LogP contribution is 2.59. The summed E-state index contributed by atoms with van der Waals surface area (Å²) in [5.41, 5.74) is 0.881. The van der Waals surface area contributed by atoms with Gasteiger partial charge in [0.2, 0.25) is 5.91 Å². The molecule has 0 radical (unpaired) electrons. The number of anilines is 2. The predicted molar refractivity (Wildman–Crippen MR) is 103 cm³/mol. The molecule has 6 heteroatoms. The summed E-state index contributed by atoms with van der Waals surface area (Å²) >= 11 is 5.90. The van der Waals surface area contributed by atoms with Crippen LogP contribution >= 0.6 is 11.6 Å². The molecule has 2 atom stereocenters. The molecule has 1 aromatic heterocycles. The molecule has 0 spiro atoms. The van der Waals surface area contributed by atoms with E-state index in [-0.39, 0.29) is 17.4 Å². The Morgan fingerprint density at radius 1 is 1.23 bits per heavy atom. The largest absolute Gasteiger partial charge is 0.364 e. The number of aryl methyl sites for hydroxylation is 1. The lowest BCUT2D eigenvalue weighted by Gasteiger charge is -2.40. The number of halogens is 1. The molecule has 26 heavy (non-hydrogen) atoms. The first-order chi connectivity index (χ1) is 12.4. The first-order valence-electron chi connectivity index (χ1n) is 9.08. The molecule has 3 aliphatic carbocycles. The van der Waals surface area contributed by atoms with Gasteiger partial charge in [0.15, 0.2) is 0 Å². The second-order valence-corrected chi connectivity index (χ2v) is 8.15. The van der Waals surface area contributed by atoms with Gasteiger partial charge in [0.25, 0.3) is 0 Å². The molecule has 2 aromatic rings. The summed E-state index contributed by atoms with van der Waals surface area (Å²) in [5, 5.41) is 7.29. The number of nitrogens with one attached hydrogen (secondary N) is 2. The summed E-state index contributed by atoms with van der Waals surface area (Å²) in [6, 6.07) is 9.16. The minimum atomic E-state index is -0.0195. The van der Waals surface area contributed by atoms with E-state index in [0.29, 0.717) is 16.9 Å². The van der Waals surface area contributed by atoms with Crippen LogP contribution < -0.4 is 10.6 Å². The van der Waals surface area contributed by atoms with E-state index in [4.69, 9.17) is 11.6 Å². The molecule has 3 aliphatic rings. The van der Waals surface area contributed by atoms with Crippen molar-refractivity contribution >= 4 is 29.0 Å². The summed E-state index contributed by atoms with van der Waals surface area (Å²) in [5.74, 6) is 2.73. The SMILES string of the molecule is Cc1nccc(NC23CC(C2)C(C(C)C(=O)Nc2ccc(Cl)cc2)C3)n1. The molecule has 3 saturated carbocycles. The van der Waals surface area contributed by atoms with Gasteiger partial charge in [0.05, 0.1) is 0 Å². The van der Waals surface area contributed by atoms with E-state index in [1.807, 2.05) is 32.0 Å². The van der Waals surface area contributed by atoms with Crippen molar-refractivity contribution in [3.05, 3.63) is 47.4 Å². The Hall–Kier alpha value is -2.14. The van der Waals surface area contributed by atoms with Gasteiger partial charge in [-0.15, -0.1) is 0 Å². The monoisotopic (exact) mass is 370 g/mol. The van der Waals surface area contributed by atoms with Gasteiger partial charge in [0.1, 0.15) is 11.6 Å². The molecule has 136 valence electrons. The Kier molecular flexibility index (Phi) is 4.35. The van der Waals surface area contributed by atoms with E-state index in [0.717, 1.165) is 36.6 Å². The Morgan fingerprint density at radius 3 is 2.65 bits per heavy atom. The summed E-state index contributed by atoms with van der Waals surface area (Å²) in [6.45, 7) is 3.94. The molecule has 2 unspecified atom stereocenters. The Balaban J connectivity index is 1.38. The molecule has 0 aliphatic heterocycles. The van der Waals surface area contributed by atoms with Crippen molar-refractivity contribution in [3.63, 3.8) is 0 Å². The van der Waals surface area contributed by atoms with E-state index in [2.05, 4.69) is 20.6 Å². The van der Waals surface area contributed by atoms with Crippen LogP contribution in [0, 0.1) is 24.7 Å². The lowest BCUT2D eigenvalue weighted by atomic mass is 9.74. The van der Waals surface area contributed by atoms with E-state index < -0.39 is 0 Å². The molecule has 1 heterocycles. The first kappa shape index (κ1) is 17.3. The quantitative estimate of drug-likeness (QED) is 0.823. The van der Waals surface area contributed by atoms with Crippen LogP contribution in [0.5, 0.6) is 0 Å². The molecule has 5 nitrogen and oxygen atoms in total. The van der Waals surface area contributed by atoms with Crippen molar-refractivity contribution in [1.29, 1.82) is 0 Å². The van der Waals surface area contributed by atoms with Gasteiger partial charge in [-0.2, -0.15) is 0 Å². The third kappa shape index (κ3) is 3.28. The van der Waals surface area contributed by atoms with Crippen molar-refractivity contribution in [2.24, 2.45) is 17.8 Å². The normalized spacial score (nSPS) is 27.5. The minimum Gasteiger partial charge on any atom is -0.364 e. The molecule has 3 fully saturated rings. The van der Waals surface area contributed by atoms with Gasteiger partial charge in [-0.3, -0.25) is 4.79 Å². The van der Waals surface area contributed by atoms with Gasteiger partial charge in [-0.1, -0.05) is 18.5 Å². The van der Waals surface area contributed by atoms with Crippen LogP contribution in [0.1, 0.15) is 32.0 Å². The van der Waals surface area contributed by atoms with Crippen LogP contribution in [0.25, 0.3) is 0 Å². The number of amides is 1. The Labute approximate surface area is 158 Å². The molecule has 5 rings (SSSR count).